The number of hydrogen-bond donors (Lipinski definition) is 2. The summed E-state index contributed by atoms with van der Waals surface area (Å²) in [6.45, 7) is 1.11. The molecular weight excluding hydrogens is 468 g/mol. The molecule has 2 saturated heterocycles. The first-order chi connectivity index (χ1) is 15.6. The summed E-state index contributed by atoms with van der Waals surface area (Å²) in [5, 5.41) is 2.82. The van der Waals surface area contributed by atoms with E-state index in [1.54, 1.807) is 6.92 Å². The number of alkyl halides is 3. The third kappa shape index (κ3) is 5.60. The van der Waals surface area contributed by atoms with Crippen LogP contribution in [0.4, 0.5) is 29.1 Å². The van der Waals surface area contributed by atoms with Crippen molar-refractivity contribution in [2.75, 3.05) is 25.1 Å². The number of nitrogens with zero attached hydrogens (tertiary/aromatic N) is 3. The van der Waals surface area contributed by atoms with Gasteiger partial charge in [-0.3, -0.25) is 4.90 Å². The number of fused-ring (bicyclic) bond motifs is 2. The summed E-state index contributed by atoms with van der Waals surface area (Å²) in [5.74, 6) is -0.218. The lowest BCUT2D eigenvalue weighted by Gasteiger charge is -2.48. The van der Waals surface area contributed by atoms with Crippen molar-refractivity contribution in [1.29, 1.82) is 0 Å². The molecule has 3 atom stereocenters. The van der Waals surface area contributed by atoms with Crippen LogP contribution in [0.5, 0.6) is 5.88 Å². The van der Waals surface area contributed by atoms with E-state index in [0.29, 0.717) is 18.4 Å². The van der Waals surface area contributed by atoms with E-state index in [9.17, 15) is 21.8 Å². The van der Waals surface area contributed by atoms with Gasteiger partial charge in [-0.05, 0) is 25.1 Å². The fraction of sp³-hybridized carbons (Fsp3) is 0.500. The molecule has 3 unspecified atom stereocenters. The average Bonchev–Trinajstić information content (AvgIpc) is 2.71. The third-order valence-corrected chi connectivity index (χ3v) is 6.36. The van der Waals surface area contributed by atoms with Crippen LogP contribution < -0.4 is 10.1 Å². The topological polar surface area (TPSA) is 96.8 Å². The summed E-state index contributed by atoms with van der Waals surface area (Å²) in [4.78, 5) is 9.61. The summed E-state index contributed by atoms with van der Waals surface area (Å²) in [6.07, 6.45) is -2.70. The number of aromatic nitrogens is 2. The minimum absolute atomic E-state index is 0.0455. The summed E-state index contributed by atoms with van der Waals surface area (Å²) in [7, 11) is 0. The van der Waals surface area contributed by atoms with Gasteiger partial charge in [0, 0.05) is 24.9 Å². The van der Waals surface area contributed by atoms with Gasteiger partial charge in [-0.1, -0.05) is 0 Å². The minimum atomic E-state index is -4.29. The van der Waals surface area contributed by atoms with Crippen LogP contribution in [0.25, 0.3) is 0 Å². The van der Waals surface area contributed by atoms with Gasteiger partial charge in [0.05, 0.1) is 35.9 Å². The lowest BCUT2D eigenvalue weighted by atomic mass is 9.91. The predicted molar refractivity (Wildman–Crippen MR) is 110 cm³/mol. The Balaban J connectivity index is 1.47. The van der Waals surface area contributed by atoms with Crippen molar-refractivity contribution in [3.63, 3.8) is 0 Å². The van der Waals surface area contributed by atoms with Crippen LogP contribution in [0.3, 0.4) is 0 Å². The van der Waals surface area contributed by atoms with Crippen molar-refractivity contribution in [2.45, 2.75) is 49.0 Å². The number of morpholine rings is 1. The van der Waals surface area contributed by atoms with Crippen LogP contribution in [0.15, 0.2) is 29.4 Å². The maximum absolute atomic E-state index is 14.3. The Hall–Kier alpha value is -2.35. The Morgan fingerprint density at radius 2 is 1.97 bits per heavy atom. The molecule has 2 aromatic rings. The van der Waals surface area contributed by atoms with Gasteiger partial charge in [0.25, 0.3) is 0 Å². The number of halogens is 4. The zero-order valence-electron chi connectivity index (χ0n) is 17.5. The second-order valence-electron chi connectivity index (χ2n) is 8.01. The first-order valence-corrected chi connectivity index (χ1v) is 11.3. The maximum atomic E-state index is 14.3. The monoisotopic (exact) mass is 490 g/mol. The molecule has 2 bridgehead atoms. The van der Waals surface area contributed by atoms with E-state index in [0.717, 1.165) is 6.07 Å². The second kappa shape index (κ2) is 9.49. The standard InChI is InChI=1S/C20H22F4N4O4S/c1-11-18(27-17-3-2-15(33(29)30)6-16(17)21)25-10-26-19(11)32-14-4-12-7-31-8-13(5-14)28(12)9-20(22,23)24/h2-3,6,10,12-14H,4-5,7-9H2,1H3,(H,29,30)(H,25,26,27). The van der Waals surface area contributed by atoms with Gasteiger partial charge in [-0.2, -0.15) is 13.2 Å². The Bertz CT molecular complexity index is 1030. The fourth-order valence-electron chi connectivity index (χ4n) is 4.17. The quantitative estimate of drug-likeness (QED) is 0.470. The van der Waals surface area contributed by atoms with Gasteiger partial charge in [-0.15, -0.1) is 0 Å². The van der Waals surface area contributed by atoms with Gasteiger partial charge in [-0.25, -0.2) is 18.6 Å². The van der Waals surface area contributed by atoms with Gasteiger partial charge < -0.3 is 19.3 Å². The van der Waals surface area contributed by atoms with Crippen molar-refractivity contribution in [1.82, 2.24) is 14.9 Å². The third-order valence-electron chi connectivity index (χ3n) is 5.70. The predicted octanol–water partition coefficient (Wildman–Crippen LogP) is 3.42. The largest absolute Gasteiger partial charge is 0.474 e. The molecule has 8 nitrogen and oxygen atoms in total. The van der Waals surface area contributed by atoms with E-state index in [1.807, 2.05) is 0 Å². The lowest BCUT2D eigenvalue weighted by Crippen LogP contribution is -2.60. The summed E-state index contributed by atoms with van der Waals surface area (Å²) >= 11 is -2.31. The molecule has 2 fully saturated rings. The Morgan fingerprint density at radius 1 is 1.27 bits per heavy atom. The first kappa shape index (κ1) is 23.8. The average molecular weight is 490 g/mol. The van der Waals surface area contributed by atoms with Crippen LogP contribution in [-0.4, -0.2) is 67.8 Å². The van der Waals surface area contributed by atoms with E-state index in [-0.39, 0.29) is 41.6 Å². The van der Waals surface area contributed by atoms with Gasteiger partial charge in [0.2, 0.25) is 5.88 Å². The Labute approximate surface area is 189 Å². The molecule has 180 valence electrons. The van der Waals surface area contributed by atoms with E-state index in [2.05, 4.69) is 15.3 Å². The number of anilines is 2. The first-order valence-electron chi connectivity index (χ1n) is 10.2. The zero-order valence-corrected chi connectivity index (χ0v) is 18.3. The molecule has 4 rings (SSSR count). The number of ether oxygens (including phenoxy) is 2. The highest BCUT2D eigenvalue weighted by atomic mass is 32.2. The number of hydrogen-bond acceptors (Lipinski definition) is 7. The van der Waals surface area contributed by atoms with Crippen molar-refractivity contribution < 1.29 is 35.8 Å². The molecule has 0 radical (unpaired) electrons. The highest BCUT2D eigenvalue weighted by molar-refractivity contribution is 7.79. The van der Waals surface area contributed by atoms with Crippen LogP contribution >= 0.6 is 0 Å². The molecule has 0 saturated carbocycles. The highest BCUT2D eigenvalue weighted by Gasteiger charge is 2.45. The van der Waals surface area contributed by atoms with Crippen LogP contribution in [0.2, 0.25) is 0 Å². The zero-order chi connectivity index (χ0) is 23.8. The van der Waals surface area contributed by atoms with Crippen molar-refractivity contribution in [2.24, 2.45) is 0 Å². The number of benzene rings is 1. The molecule has 2 N–H and O–H groups in total. The van der Waals surface area contributed by atoms with Crippen LogP contribution in [0, 0.1) is 12.7 Å². The molecule has 1 aromatic heterocycles. The lowest BCUT2D eigenvalue weighted by molar-refractivity contribution is -0.187. The Morgan fingerprint density at radius 3 is 2.58 bits per heavy atom. The van der Waals surface area contributed by atoms with E-state index in [1.165, 1.54) is 23.4 Å². The second-order valence-corrected chi connectivity index (χ2v) is 8.98. The van der Waals surface area contributed by atoms with Crippen molar-refractivity contribution in [3.05, 3.63) is 35.9 Å². The molecule has 0 amide bonds. The number of piperidine rings is 1. The van der Waals surface area contributed by atoms with Crippen LogP contribution in [-0.2, 0) is 15.8 Å². The molecule has 33 heavy (non-hydrogen) atoms. The Kier molecular flexibility index (Phi) is 6.84. The molecule has 2 aliphatic rings. The van der Waals surface area contributed by atoms with Gasteiger partial charge in [0.15, 0.2) is 11.1 Å². The van der Waals surface area contributed by atoms with E-state index >= 15 is 0 Å². The summed E-state index contributed by atoms with van der Waals surface area (Å²) < 4.78 is 84.9. The summed E-state index contributed by atoms with van der Waals surface area (Å²) in [5.41, 5.74) is 0.537. The van der Waals surface area contributed by atoms with Gasteiger partial charge in [0.1, 0.15) is 24.1 Å². The van der Waals surface area contributed by atoms with E-state index < -0.39 is 41.7 Å². The minimum Gasteiger partial charge on any atom is -0.474 e. The molecule has 0 spiro atoms. The molecule has 0 aliphatic carbocycles. The maximum Gasteiger partial charge on any atom is 0.401 e. The molecule has 1 aromatic carbocycles. The normalized spacial score (nSPS) is 24.4. The molecule has 2 aliphatic heterocycles. The molecular formula is C20H22F4N4O4S. The SMILES string of the molecule is Cc1c(Nc2ccc(S(=O)O)cc2F)ncnc1OC1CC2COCC(C1)N2CC(F)(F)F. The summed E-state index contributed by atoms with van der Waals surface area (Å²) in [6, 6.07) is 2.76. The van der Waals surface area contributed by atoms with Crippen molar-refractivity contribution >= 4 is 22.6 Å². The highest BCUT2D eigenvalue weighted by Crippen LogP contribution is 2.34. The van der Waals surface area contributed by atoms with Crippen molar-refractivity contribution in [3.8, 4) is 5.88 Å². The van der Waals surface area contributed by atoms with Gasteiger partial charge >= 0.3 is 6.18 Å². The number of nitrogens with one attached hydrogen (secondary N) is 1. The van der Waals surface area contributed by atoms with E-state index in [4.69, 9.17) is 14.0 Å². The van der Waals surface area contributed by atoms with Crippen LogP contribution in [0.1, 0.15) is 18.4 Å². The fourth-order valence-corrected chi connectivity index (χ4v) is 4.56. The molecule has 3 heterocycles. The molecule has 13 heteroatoms. The number of rotatable bonds is 6. The smallest absolute Gasteiger partial charge is 0.401 e.